The first-order valence-electron chi connectivity index (χ1n) is 6.04. The lowest BCUT2D eigenvalue weighted by atomic mass is 10.1. The lowest BCUT2D eigenvalue weighted by Crippen LogP contribution is -2.14. The smallest absolute Gasteiger partial charge is 0.330 e. The van der Waals surface area contributed by atoms with Crippen molar-refractivity contribution in [3.8, 4) is 17.3 Å². The molecular formula is C14H10F2N2O2S. The zero-order valence-corrected chi connectivity index (χ0v) is 11.8. The summed E-state index contributed by atoms with van der Waals surface area (Å²) in [5.41, 5.74) is -0.226. The molecule has 0 aliphatic carbocycles. The van der Waals surface area contributed by atoms with Crippen LogP contribution in [0.25, 0.3) is 11.3 Å². The molecule has 0 spiro atoms. The highest BCUT2D eigenvalue weighted by atomic mass is 32.1. The highest BCUT2D eigenvalue weighted by Crippen LogP contribution is 2.30. The van der Waals surface area contributed by atoms with Crippen LogP contribution in [-0.2, 0) is 9.53 Å². The van der Waals surface area contributed by atoms with E-state index in [-0.39, 0.29) is 22.9 Å². The average molecular weight is 308 g/mol. The van der Waals surface area contributed by atoms with Crippen LogP contribution in [0.5, 0.6) is 0 Å². The summed E-state index contributed by atoms with van der Waals surface area (Å²) >= 11 is 0.981. The number of hydrogen-bond donors (Lipinski definition) is 0. The Kier molecular flexibility index (Phi) is 4.60. The first-order chi connectivity index (χ1) is 10.1. The Hall–Kier alpha value is -2.33. The van der Waals surface area contributed by atoms with Crippen molar-refractivity contribution in [3.05, 3.63) is 40.2 Å². The van der Waals surface area contributed by atoms with Crippen molar-refractivity contribution in [3.63, 3.8) is 0 Å². The molecule has 0 fully saturated rings. The van der Waals surface area contributed by atoms with Crippen molar-refractivity contribution >= 4 is 17.3 Å². The Morgan fingerprint density at radius 1 is 1.48 bits per heavy atom. The molecule has 0 aliphatic heterocycles. The fraction of sp³-hybridized carbons (Fsp3) is 0.214. The summed E-state index contributed by atoms with van der Waals surface area (Å²) in [6.45, 7) is 1.76. The first kappa shape index (κ1) is 15.1. The van der Waals surface area contributed by atoms with Crippen molar-refractivity contribution in [1.82, 2.24) is 4.98 Å². The third-order valence-electron chi connectivity index (χ3n) is 2.64. The number of benzene rings is 1. The molecule has 4 nitrogen and oxygen atoms in total. The van der Waals surface area contributed by atoms with Gasteiger partial charge in [0.2, 0.25) is 0 Å². The average Bonchev–Trinajstić information content (AvgIpc) is 2.89. The molecule has 0 aliphatic rings. The molecule has 1 unspecified atom stereocenters. The van der Waals surface area contributed by atoms with Gasteiger partial charge < -0.3 is 4.74 Å². The highest BCUT2D eigenvalue weighted by Gasteiger charge is 2.26. The minimum absolute atomic E-state index is 0.0511. The molecule has 1 aromatic carbocycles. The molecule has 0 bridgehead atoms. The van der Waals surface area contributed by atoms with Gasteiger partial charge in [-0.1, -0.05) is 6.07 Å². The number of nitriles is 1. The van der Waals surface area contributed by atoms with Crippen molar-refractivity contribution in [1.29, 1.82) is 5.26 Å². The van der Waals surface area contributed by atoms with Crippen molar-refractivity contribution in [2.75, 3.05) is 6.61 Å². The molecule has 2 aromatic rings. The molecule has 1 heterocycles. The molecule has 0 saturated heterocycles. The third-order valence-corrected chi connectivity index (χ3v) is 3.55. The van der Waals surface area contributed by atoms with Gasteiger partial charge in [-0.05, 0) is 19.1 Å². The number of carbonyl (C=O) groups excluding carboxylic acids is 1. The predicted molar refractivity (Wildman–Crippen MR) is 72.5 cm³/mol. The van der Waals surface area contributed by atoms with Gasteiger partial charge in [-0.25, -0.2) is 13.8 Å². The number of hydrogen-bond acceptors (Lipinski definition) is 5. The number of halogens is 2. The maximum atomic E-state index is 13.7. The van der Waals surface area contributed by atoms with Crippen LogP contribution in [0.2, 0.25) is 0 Å². The van der Waals surface area contributed by atoms with Crippen LogP contribution >= 0.6 is 11.3 Å². The zero-order chi connectivity index (χ0) is 15.4. The van der Waals surface area contributed by atoms with Crippen LogP contribution in [0, 0.1) is 23.0 Å². The number of ether oxygens (including phenoxy) is 1. The van der Waals surface area contributed by atoms with Gasteiger partial charge in [0.05, 0.1) is 23.9 Å². The third kappa shape index (κ3) is 3.06. The van der Waals surface area contributed by atoms with Gasteiger partial charge in [0.25, 0.3) is 0 Å². The van der Waals surface area contributed by atoms with Gasteiger partial charge in [0.15, 0.2) is 5.92 Å². The summed E-state index contributed by atoms with van der Waals surface area (Å²) < 4.78 is 32.1. The molecule has 108 valence electrons. The van der Waals surface area contributed by atoms with Crippen LogP contribution < -0.4 is 0 Å². The number of carbonyl (C=O) groups is 1. The fourth-order valence-corrected chi connectivity index (χ4v) is 2.55. The second-order valence-corrected chi connectivity index (χ2v) is 4.87. The van der Waals surface area contributed by atoms with Gasteiger partial charge >= 0.3 is 5.97 Å². The Morgan fingerprint density at radius 3 is 2.71 bits per heavy atom. The van der Waals surface area contributed by atoms with E-state index < -0.39 is 23.5 Å². The van der Waals surface area contributed by atoms with E-state index in [0.717, 1.165) is 23.5 Å². The Balaban J connectivity index is 2.38. The molecule has 0 amide bonds. The SMILES string of the molecule is CCOC(=O)C(C#N)c1nc(-c2c(F)cccc2F)cs1. The minimum Gasteiger partial charge on any atom is -0.465 e. The normalized spacial score (nSPS) is 11.7. The van der Waals surface area contributed by atoms with Crippen LogP contribution in [0.3, 0.4) is 0 Å². The quantitative estimate of drug-likeness (QED) is 0.813. The number of esters is 1. The lowest BCUT2D eigenvalue weighted by molar-refractivity contribution is -0.143. The number of nitrogens with zero attached hydrogens (tertiary/aromatic N) is 2. The van der Waals surface area contributed by atoms with E-state index in [9.17, 15) is 13.6 Å². The lowest BCUT2D eigenvalue weighted by Gasteiger charge is -2.05. The Bertz CT molecular complexity index is 689. The number of rotatable bonds is 4. The van der Waals surface area contributed by atoms with E-state index in [1.165, 1.54) is 11.4 Å². The second-order valence-electron chi connectivity index (χ2n) is 3.98. The maximum Gasteiger partial charge on any atom is 0.330 e. The fourth-order valence-electron chi connectivity index (χ4n) is 1.71. The van der Waals surface area contributed by atoms with Gasteiger partial charge in [0, 0.05) is 5.38 Å². The molecule has 1 atom stereocenters. The largest absolute Gasteiger partial charge is 0.465 e. The first-order valence-corrected chi connectivity index (χ1v) is 6.92. The van der Waals surface area contributed by atoms with Gasteiger partial charge in [-0.2, -0.15) is 5.26 Å². The summed E-state index contributed by atoms with van der Waals surface area (Å²) in [4.78, 5) is 15.6. The summed E-state index contributed by atoms with van der Waals surface area (Å²) in [6, 6.07) is 5.26. The predicted octanol–water partition coefficient (Wildman–Crippen LogP) is 3.26. The van der Waals surface area contributed by atoms with Crippen molar-refractivity contribution in [2.24, 2.45) is 0 Å². The Labute approximate surface area is 123 Å². The molecular weight excluding hydrogens is 298 g/mol. The van der Waals surface area contributed by atoms with E-state index in [4.69, 9.17) is 10.00 Å². The van der Waals surface area contributed by atoms with Crippen LogP contribution in [0.15, 0.2) is 23.6 Å². The van der Waals surface area contributed by atoms with Gasteiger partial charge in [-0.15, -0.1) is 11.3 Å². The van der Waals surface area contributed by atoms with E-state index in [2.05, 4.69) is 4.98 Å². The number of aromatic nitrogens is 1. The molecule has 7 heteroatoms. The molecule has 21 heavy (non-hydrogen) atoms. The summed E-state index contributed by atoms with van der Waals surface area (Å²) in [7, 11) is 0. The zero-order valence-electron chi connectivity index (χ0n) is 11.0. The molecule has 2 rings (SSSR count). The van der Waals surface area contributed by atoms with E-state index >= 15 is 0 Å². The van der Waals surface area contributed by atoms with Crippen LogP contribution in [-0.4, -0.2) is 17.6 Å². The number of thiazole rings is 1. The highest BCUT2D eigenvalue weighted by molar-refractivity contribution is 7.10. The van der Waals surface area contributed by atoms with E-state index in [1.807, 2.05) is 0 Å². The van der Waals surface area contributed by atoms with E-state index in [0.29, 0.717) is 0 Å². The molecule has 0 radical (unpaired) electrons. The van der Waals surface area contributed by atoms with Crippen molar-refractivity contribution < 1.29 is 18.3 Å². The van der Waals surface area contributed by atoms with Crippen LogP contribution in [0.1, 0.15) is 17.8 Å². The van der Waals surface area contributed by atoms with E-state index in [1.54, 1.807) is 13.0 Å². The van der Waals surface area contributed by atoms with Gasteiger partial charge in [-0.3, -0.25) is 4.79 Å². The van der Waals surface area contributed by atoms with Crippen LogP contribution in [0.4, 0.5) is 8.78 Å². The maximum absolute atomic E-state index is 13.7. The summed E-state index contributed by atoms with van der Waals surface area (Å²) in [5.74, 6) is -3.43. The minimum atomic E-state index is -1.20. The topological polar surface area (TPSA) is 63.0 Å². The molecule has 0 saturated carbocycles. The Morgan fingerprint density at radius 2 is 2.14 bits per heavy atom. The summed E-state index contributed by atoms with van der Waals surface area (Å²) in [6.07, 6.45) is 0. The molecule has 1 aromatic heterocycles. The van der Waals surface area contributed by atoms with Gasteiger partial charge in [0.1, 0.15) is 16.6 Å². The second kappa shape index (κ2) is 6.41. The van der Waals surface area contributed by atoms with Crippen molar-refractivity contribution in [2.45, 2.75) is 12.8 Å². The monoisotopic (exact) mass is 308 g/mol. The molecule has 0 N–H and O–H groups in total. The standard InChI is InChI=1S/C14H10F2N2O2S/c1-2-20-14(19)8(6-17)13-18-11(7-21-13)12-9(15)4-3-5-10(12)16/h3-5,7-8H,2H2,1H3. The summed E-state index contributed by atoms with van der Waals surface area (Å²) in [5, 5.41) is 10.6.